The molecule has 0 saturated carbocycles. The number of aromatic nitrogens is 1. The van der Waals surface area contributed by atoms with E-state index < -0.39 is 11.9 Å². The van der Waals surface area contributed by atoms with Gasteiger partial charge < -0.3 is 14.4 Å². The standard InChI is InChI=1S/C21H20N2O4/c1-13-14(21(25)26)7-4-10-23(13)20(24)16-12-18(19-9-5-11-27-19)22-17-8-3-2-6-15(16)17/h2-3,5-6,8-9,11-14H,4,7,10H2,1H3,(H,25,26)/t13-,14-/m1/s1. The van der Waals surface area contributed by atoms with Crippen LogP contribution in [-0.2, 0) is 4.79 Å². The molecule has 0 aliphatic carbocycles. The van der Waals surface area contributed by atoms with Crippen LogP contribution in [0.25, 0.3) is 22.4 Å². The number of furan rings is 1. The lowest BCUT2D eigenvalue weighted by Gasteiger charge is -2.37. The van der Waals surface area contributed by atoms with Crippen LogP contribution in [0.3, 0.4) is 0 Å². The predicted molar refractivity (Wildman–Crippen MR) is 100 cm³/mol. The fourth-order valence-electron chi connectivity index (χ4n) is 3.82. The predicted octanol–water partition coefficient (Wildman–Crippen LogP) is 3.82. The molecule has 3 aromatic rings. The number of fused-ring (bicyclic) bond motifs is 1. The zero-order valence-electron chi connectivity index (χ0n) is 15.0. The average Bonchev–Trinajstić information content (AvgIpc) is 3.21. The number of likely N-dealkylation sites (tertiary alicyclic amines) is 1. The molecule has 1 N–H and O–H groups in total. The van der Waals surface area contributed by atoms with E-state index in [1.165, 1.54) is 0 Å². The second kappa shape index (κ2) is 6.87. The summed E-state index contributed by atoms with van der Waals surface area (Å²) in [5.41, 5.74) is 1.81. The van der Waals surface area contributed by atoms with Gasteiger partial charge in [-0.3, -0.25) is 9.59 Å². The Labute approximate surface area is 156 Å². The molecule has 1 aliphatic heterocycles. The van der Waals surface area contributed by atoms with Gasteiger partial charge in [0.05, 0.1) is 23.3 Å². The highest BCUT2D eigenvalue weighted by Gasteiger charge is 2.36. The number of carbonyl (C=O) groups excluding carboxylic acids is 1. The molecule has 0 radical (unpaired) electrons. The van der Waals surface area contributed by atoms with Crippen molar-refractivity contribution in [3.8, 4) is 11.5 Å². The van der Waals surface area contributed by atoms with E-state index in [4.69, 9.17) is 4.42 Å². The minimum atomic E-state index is -0.851. The van der Waals surface area contributed by atoms with E-state index >= 15 is 0 Å². The van der Waals surface area contributed by atoms with E-state index in [1.54, 1.807) is 29.4 Å². The molecule has 138 valence electrons. The van der Waals surface area contributed by atoms with Crippen molar-refractivity contribution in [1.29, 1.82) is 0 Å². The summed E-state index contributed by atoms with van der Waals surface area (Å²) in [6.45, 7) is 2.36. The van der Waals surface area contributed by atoms with Crippen molar-refractivity contribution in [1.82, 2.24) is 9.88 Å². The molecule has 0 unspecified atom stereocenters. The average molecular weight is 364 g/mol. The number of para-hydroxylation sites is 1. The SMILES string of the molecule is C[C@@H]1[C@H](C(=O)O)CCCN1C(=O)c1cc(-c2ccco2)nc2ccccc12. The van der Waals surface area contributed by atoms with Gasteiger partial charge in [0.1, 0.15) is 5.69 Å². The van der Waals surface area contributed by atoms with Crippen LogP contribution in [0.4, 0.5) is 0 Å². The first-order chi connectivity index (χ1) is 13.1. The van der Waals surface area contributed by atoms with Gasteiger partial charge in [0, 0.05) is 18.0 Å². The molecule has 1 fully saturated rings. The smallest absolute Gasteiger partial charge is 0.308 e. The van der Waals surface area contributed by atoms with Gasteiger partial charge in [-0.25, -0.2) is 4.98 Å². The molecule has 3 heterocycles. The van der Waals surface area contributed by atoms with Gasteiger partial charge in [0.25, 0.3) is 5.91 Å². The molecular formula is C21H20N2O4. The van der Waals surface area contributed by atoms with Crippen LogP contribution in [0.2, 0.25) is 0 Å². The first-order valence-electron chi connectivity index (χ1n) is 9.03. The maximum Gasteiger partial charge on any atom is 0.308 e. The van der Waals surface area contributed by atoms with Crippen LogP contribution in [0.1, 0.15) is 30.1 Å². The van der Waals surface area contributed by atoms with Gasteiger partial charge >= 0.3 is 5.97 Å². The Balaban J connectivity index is 1.80. The maximum atomic E-state index is 13.4. The number of nitrogens with zero attached hydrogens (tertiary/aromatic N) is 2. The largest absolute Gasteiger partial charge is 0.481 e. The monoisotopic (exact) mass is 364 g/mol. The van der Waals surface area contributed by atoms with Crippen molar-refractivity contribution < 1.29 is 19.1 Å². The summed E-state index contributed by atoms with van der Waals surface area (Å²) < 4.78 is 5.45. The summed E-state index contributed by atoms with van der Waals surface area (Å²) in [6, 6.07) is 12.4. The lowest BCUT2D eigenvalue weighted by Crippen LogP contribution is -2.49. The number of carboxylic acid groups (broad SMARTS) is 1. The highest BCUT2D eigenvalue weighted by Crippen LogP contribution is 2.30. The number of piperidine rings is 1. The van der Waals surface area contributed by atoms with Gasteiger partial charge in [0.2, 0.25) is 0 Å². The summed E-state index contributed by atoms with van der Waals surface area (Å²) in [7, 11) is 0. The molecule has 6 nitrogen and oxygen atoms in total. The van der Waals surface area contributed by atoms with Crippen LogP contribution in [-0.4, -0.2) is 39.5 Å². The van der Waals surface area contributed by atoms with Crippen LogP contribution in [0, 0.1) is 5.92 Å². The van der Waals surface area contributed by atoms with Gasteiger partial charge in [-0.1, -0.05) is 18.2 Å². The Morgan fingerprint density at radius 1 is 1.22 bits per heavy atom. The van der Waals surface area contributed by atoms with Gasteiger partial charge in [-0.2, -0.15) is 0 Å². The normalized spacial score (nSPS) is 20.0. The number of hydrogen-bond donors (Lipinski definition) is 1. The topological polar surface area (TPSA) is 83.6 Å². The summed E-state index contributed by atoms with van der Waals surface area (Å²) in [6.07, 6.45) is 2.84. The Morgan fingerprint density at radius 2 is 2.04 bits per heavy atom. The van der Waals surface area contributed by atoms with E-state index in [0.29, 0.717) is 41.9 Å². The third-order valence-corrected chi connectivity index (χ3v) is 5.29. The Bertz CT molecular complexity index is 997. The van der Waals surface area contributed by atoms with Gasteiger partial charge in [-0.05, 0) is 44.0 Å². The number of amides is 1. The van der Waals surface area contributed by atoms with E-state index in [1.807, 2.05) is 31.2 Å². The Hall–Kier alpha value is -3.15. The maximum absolute atomic E-state index is 13.4. The zero-order chi connectivity index (χ0) is 19.0. The second-order valence-corrected chi connectivity index (χ2v) is 6.88. The molecule has 6 heteroatoms. The molecule has 1 saturated heterocycles. The number of carbonyl (C=O) groups is 2. The third-order valence-electron chi connectivity index (χ3n) is 5.29. The molecule has 4 rings (SSSR count). The molecule has 0 bridgehead atoms. The lowest BCUT2D eigenvalue weighted by molar-refractivity contribution is -0.144. The number of carboxylic acids is 1. The first kappa shape index (κ1) is 17.3. The Morgan fingerprint density at radius 3 is 2.78 bits per heavy atom. The fourth-order valence-corrected chi connectivity index (χ4v) is 3.82. The molecule has 2 atom stereocenters. The van der Waals surface area contributed by atoms with E-state index in [-0.39, 0.29) is 11.9 Å². The first-order valence-corrected chi connectivity index (χ1v) is 9.03. The fraction of sp³-hybridized carbons (Fsp3) is 0.286. The van der Waals surface area contributed by atoms with Crippen molar-refractivity contribution >= 4 is 22.8 Å². The molecule has 1 aliphatic rings. The number of benzene rings is 1. The molecular weight excluding hydrogens is 344 g/mol. The Kier molecular flexibility index (Phi) is 4.39. The number of aliphatic carboxylic acids is 1. The summed E-state index contributed by atoms with van der Waals surface area (Å²) >= 11 is 0. The summed E-state index contributed by atoms with van der Waals surface area (Å²) in [4.78, 5) is 31.2. The van der Waals surface area contributed by atoms with Crippen molar-refractivity contribution in [2.45, 2.75) is 25.8 Å². The number of pyridine rings is 1. The number of hydrogen-bond acceptors (Lipinski definition) is 4. The van der Waals surface area contributed by atoms with Crippen molar-refractivity contribution in [2.75, 3.05) is 6.54 Å². The minimum absolute atomic E-state index is 0.167. The molecule has 0 spiro atoms. The highest BCUT2D eigenvalue weighted by molar-refractivity contribution is 6.07. The van der Waals surface area contributed by atoms with Crippen molar-refractivity contribution in [3.63, 3.8) is 0 Å². The van der Waals surface area contributed by atoms with Crippen molar-refractivity contribution in [2.24, 2.45) is 5.92 Å². The number of rotatable bonds is 3. The van der Waals surface area contributed by atoms with Crippen molar-refractivity contribution in [3.05, 3.63) is 54.3 Å². The minimum Gasteiger partial charge on any atom is -0.481 e. The van der Waals surface area contributed by atoms with Crippen LogP contribution in [0.15, 0.2) is 53.1 Å². The lowest BCUT2D eigenvalue weighted by atomic mass is 9.89. The second-order valence-electron chi connectivity index (χ2n) is 6.88. The van der Waals surface area contributed by atoms with Crippen LogP contribution < -0.4 is 0 Å². The molecule has 1 amide bonds. The van der Waals surface area contributed by atoms with E-state index in [2.05, 4.69) is 4.98 Å². The third kappa shape index (κ3) is 3.07. The van der Waals surface area contributed by atoms with Crippen LogP contribution >= 0.6 is 0 Å². The molecule has 2 aromatic heterocycles. The summed E-state index contributed by atoms with van der Waals surface area (Å²) in [5.74, 6) is -0.971. The molecule has 1 aromatic carbocycles. The van der Waals surface area contributed by atoms with E-state index in [9.17, 15) is 14.7 Å². The zero-order valence-corrected chi connectivity index (χ0v) is 15.0. The summed E-state index contributed by atoms with van der Waals surface area (Å²) in [5, 5.41) is 10.2. The molecule has 27 heavy (non-hydrogen) atoms. The highest BCUT2D eigenvalue weighted by atomic mass is 16.4. The van der Waals surface area contributed by atoms with Gasteiger partial charge in [-0.15, -0.1) is 0 Å². The van der Waals surface area contributed by atoms with Crippen LogP contribution in [0.5, 0.6) is 0 Å². The van der Waals surface area contributed by atoms with E-state index in [0.717, 1.165) is 5.39 Å². The van der Waals surface area contributed by atoms with Gasteiger partial charge in [0.15, 0.2) is 5.76 Å². The quantitative estimate of drug-likeness (QED) is 0.764.